The summed E-state index contributed by atoms with van der Waals surface area (Å²) in [6.45, 7) is 6.92. The first-order valence-electron chi connectivity index (χ1n) is 8.16. The van der Waals surface area contributed by atoms with Gasteiger partial charge in [-0.25, -0.2) is 4.79 Å². The number of hydrogen-bond donors (Lipinski definition) is 1. The Morgan fingerprint density at radius 3 is 2.33 bits per heavy atom. The summed E-state index contributed by atoms with van der Waals surface area (Å²) in [6.07, 6.45) is 0.712. The molecule has 1 atom stereocenters. The topological polar surface area (TPSA) is 67.9 Å². The largest absolute Gasteiger partial charge is 0.459 e. The van der Waals surface area contributed by atoms with Crippen molar-refractivity contribution in [2.45, 2.75) is 39.3 Å². The Labute approximate surface area is 144 Å². The van der Waals surface area contributed by atoms with E-state index < -0.39 is 0 Å². The molecule has 0 saturated heterocycles. The number of likely N-dealkylation sites (N-methyl/N-ethyl adjacent to an activating group) is 1. The fourth-order valence-corrected chi connectivity index (χ4v) is 2.07. The summed E-state index contributed by atoms with van der Waals surface area (Å²) in [4.78, 5) is 26.0. The second-order valence-corrected chi connectivity index (χ2v) is 6.02. The molecule has 0 radical (unpaired) electrons. The molecule has 0 bridgehead atoms. The number of benzene rings is 1. The van der Waals surface area contributed by atoms with Crippen LogP contribution in [0.15, 0.2) is 24.3 Å². The lowest BCUT2D eigenvalue weighted by Crippen LogP contribution is -2.40. The van der Waals surface area contributed by atoms with Crippen molar-refractivity contribution < 1.29 is 19.1 Å². The van der Waals surface area contributed by atoms with Crippen LogP contribution in [-0.2, 0) is 14.3 Å². The predicted octanol–water partition coefficient (Wildman–Crippen LogP) is 2.55. The summed E-state index contributed by atoms with van der Waals surface area (Å²) in [6, 6.07) is 6.44. The van der Waals surface area contributed by atoms with Gasteiger partial charge in [0.1, 0.15) is 0 Å². The molecular weight excluding hydrogens is 308 g/mol. The minimum atomic E-state index is -0.367. The van der Waals surface area contributed by atoms with E-state index in [2.05, 4.69) is 5.32 Å². The van der Waals surface area contributed by atoms with E-state index >= 15 is 0 Å². The number of methoxy groups -OCH3 is 1. The van der Waals surface area contributed by atoms with Crippen LogP contribution in [-0.4, -0.2) is 56.2 Å². The molecule has 0 heterocycles. The summed E-state index contributed by atoms with van der Waals surface area (Å²) in [5, 5.41) is 2.86. The quantitative estimate of drug-likeness (QED) is 0.554. The van der Waals surface area contributed by atoms with Gasteiger partial charge in [0.15, 0.2) is 0 Å². The molecule has 134 valence electrons. The van der Waals surface area contributed by atoms with E-state index in [9.17, 15) is 9.59 Å². The first kappa shape index (κ1) is 20.1. The smallest absolute Gasteiger partial charge is 0.338 e. The van der Waals surface area contributed by atoms with Crippen molar-refractivity contribution in [2.75, 3.05) is 32.6 Å². The average molecular weight is 336 g/mol. The van der Waals surface area contributed by atoms with Crippen LogP contribution in [0.5, 0.6) is 0 Å². The van der Waals surface area contributed by atoms with Gasteiger partial charge in [-0.1, -0.05) is 0 Å². The summed E-state index contributed by atoms with van der Waals surface area (Å²) in [7, 11) is 3.57. The summed E-state index contributed by atoms with van der Waals surface area (Å²) in [5.74, 6) is -0.457. The maximum atomic E-state index is 12.3. The molecule has 1 unspecified atom stereocenters. The second-order valence-electron chi connectivity index (χ2n) is 6.02. The van der Waals surface area contributed by atoms with Crippen LogP contribution in [0.25, 0.3) is 0 Å². The highest BCUT2D eigenvalue weighted by atomic mass is 16.5. The van der Waals surface area contributed by atoms with Gasteiger partial charge in [-0.2, -0.15) is 0 Å². The van der Waals surface area contributed by atoms with Crippen LogP contribution in [0.2, 0.25) is 0 Å². The van der Waals surface area contributed by atoms with E-state index in [1.807, 2.05) is 18.9 Å². The predicted molar refractivity (Wildman–Crippen MR) is 94.2 cm³/mol. The Morgan fingerprint density at radius 2 is 1.79 bits per heavy atom. The number of nitrogens with zero attached hydrogens (tertiary/aromatic N) is 1. The number of hydrogen-bond acceptors (Lipinski definition) is 5. The lowest BCUT2D eigenvalue weighted by molar-refractivity contribution is -0.120. The van der Waals surface area contributed by atoms with Gasteiger partial charge in [0.25, 0.3) is 0 Å². The Bertz CT molecular complexity index is 528. The molecule has 1 rings (SSSR count). The molecule has 1 aromatic carbocycles. The molecule has 0 aliphatic heterocycles. The molecule has 0 fully saturated rings. The highest BCUT2D eigenvalue weighted by molar-refractivity contribution is 5.95. The number of ether oxygens (including phenoxy) is 2. The lowest BCUT2D eigenvalue weighted by atomic mass is 10.2. The number of amides is 1. The normalized spacial score (nSPS) is 12.3. The molecule has 0 saturated carbocycles. The van der Waals surface area contributed by atoms with Crippen LogP contribution >= 0.6 is 0 Å². The van der Waals surface area contributed by atoms with Crippen LogP contribution in [0, 0.1) is 0 Å². The minimum absolute atomic E-state index is 0.0903. The van der Waals surface area contributed by atoms with Gasteiger partial charge in [-0.15, -0.1) is 0 Å². The molecule has 1 N–H and O–H groups in total. The van der Waals surface area contributed by atoms with Gasteiger partial charge in [-0.3, -0.25) is 9.69 Å². The van der Waals surface area contributed by atoms with Crippen molar-refractivity contribution in [1.82, 2.24) is 4.90 Å². The third kappa shape index (κ3) is 6.68. The second kappa shape index (κ2) is 10.1. The molecule has 0 aliphatic rings. The van der Waals surface area contributed by atoms with Crippen molar-refractivity contribution in [3.8, 4) is 0 Å². The van der Waals surface area contributed by atoms with Gasteiger partial charge in [0.05, 0.1) is 17.7 Å². The standard InChI is InChI=1S/C18H28N2O4/c1-13(2)24-18(22)15-7-9-16(10-8-15)19-17(21)14(3)20(4)11-6-12-23-5/h7-10,13-14H,6,11-12H2,1-5H3,(H,19,21). The van der Waals surface area contributed by atoms with E-state index in [1.54, 1.807) is 45.2 Å². The fraction of sp³-hybridized carbons (Fsp3) is 0.556. The summed E-state index contributed by atoms with van der Waals surface area (Å²) < 4.78 is 10.1. The number of anilines is 1. The van der Waals surface area contributed by atoms with Crippen LogP contribution in [0.4, 0.5) is 5.69 Å². The SMILES string of the molecule is COCCCN(C)C(C)C(=O)Nc1ccc(C(=O)OC(C)C)cc1. The zero-order chi connectivity index (χ0) is 18.1. The third-order valence-electron chi connectivity index (χ3n) is 3.63. The Hall–Kier alpha value is -1.92. The molecular formula is C18H28N2O4. The first-order valence-corrected chi connectivity index (χ1v) is 8.16. The number of carbonyl (C=O) groups excluding carboxylic acids is 2. The Kier molecular flexibility index (Phi) is 8.43. The zero-order valence-corrected chi connectivity index (χ0v) is 15.2. The van der Waals surface area contributed by atoms with Gasteiger partial charge < -0.3 is 14.8 Å². The zero-order valence-electron chi connectivity index (χ0n) is 15.2. The minimum Gasteiger partial charge on any atom is -0.459 e. The van der Waals surface area contributed by atoms with E-state index in [-0.39, 0.29) is 24.0 Å². The highest BCUT2D eigenvalue weighted by Gasteiger charge is 2.18. The van der Waals surface area contributed by atoms with Crippen molar-refractivity contribution in [3.63, 3.8) is 0 Å². The monoisotopic (exact) mass is 336 g/mol. The number of esters is 1. The summed E-state index contributed by atoms with van der Waals surface area (Å²) >= 11 is 0. The van der Waals surface area contributed by atoms with E-state index in [4.69, 9.17) is 9.47 Å². The average Bonchev–Trinajstić information content (AvgIpc) is 2.54. The molecule has 0 aliphatic carbocycles. The maximum Gasteiger partial charge on any atom is 0.338 e. The van der Waals surface area contributed by atoms with Gasteiger partial charge in [-0.05, 0) is 58.5 Å². The van der Waals surface area contributed by atoms with Crippen LogP contribution in [0.1, 0.15) is 37.6 Å². The molecule has 1 aromatic rings. The van der Waals surface area contributed by atoms with Crippen molar-refractivity contribution >= 4 is 17.6 Å². The highest BCUT2D eigenvalue weighted by Crippen LogP contribution is 2.12. The molecule has 0 aromatic heterocycles. The van der Waals surface area contributed by atoms with E-state index in [0.29, 0.717) is 17.9 Å². The van der Waals surface area contributed by atoms with Crippen molar-refractivity contribution in [3.05, 3.63) is 29.8 Å². The maximum absolute atomic E-state index is 12.3. The fourth-order valence-electron chi connectivity index (χ4n) is 2.07. The number of rotatable bonds is 9. The molecule has 6 heteroatoms. The molecule has 1 amide bonds. The van der Waals surface area contributed by atoms with Gasteiger partial charge in [0, 0.05) is 25.9 Å². The number of carbonyl (C=O) groups is 2. The van der Waals surface area contributed by atoms with Crippen LogP contribution in [0.3, 0.4) is 0 Å². The lowest BCUT2D eigenvalue weighted by Gasteiger charge is -2.23. The molecule has 24 heavy (non-hydrogen) atoms. The number of nitrogens with one attached hydrogen (secondary N) is 1. The van der Waals surface area contributed by atoms with Crippen molar-refractivity contribution in [2.24, 2.45) is 0 Å². The van der Waals surface area contributed by atoms with Gasteiger partial charge in [0.2, 0.25) is 5.91 Å². The molecule has 0 spiro atoms. The first-order chi connectivity index (χ1) is 11.3. The van der Waals surface area contributed by atoms with Crippen LogP contribution < -0.4 is 5.32 Å². The Morgan fingerprint density at radius 1 is 1.17 bits per heavy atom. The van der Waals surface area contributed by atoms with E-state index in [1.165, 1.54) is 0 Å². The summed E-state index contributed by atoms with van der Waals surface area (Å²) in [5.41, 5.74) is 1.12. The molecule has 6 nitrogen and oxygen atoms in total. The van der Waals surface area contributed by atoms with E-state index in [0.717, 1.165) is 13.0 Å². The Balaban J connectivity index is 2.56. The van der Waals surface area contributed by atoms with Gasteiger partial charge >= 0.3 is 5.97 Å². The third-order valence-corrected chi connectivity index (χ3v) is 3.63. The van der Waals surface area contributed by atoms with Crippen molar-refractivity contribution in [1.29, 1.82) is 0 Å².